The van der Waals surface area contributed by atoms with Gasteiger partial charge < -0.3 is 9.47 Å². The molecule has 150 valence electrons. The molecule has 1 aromatic heterocycles. The Balaban J connectivity index is 1.49. The van der Waals surface area contributed by atoms with E-state index in [2.05, 4.69) is 9.88 Å². The molecule has 0 aliphatic carbocycles. The maximum atomic E-state index is 13.1. The van der Waals surface area contributed by atoms with Crippen molar-refractivity contribution in [3.63, 3.8) is 0 Å². The van der Waals surface area contributed by atoms with Crippen molar-refractivity contribution in [1.82, 2.24) is 9.88 Å². The lowest BCUT2D eigenvalue weighted by Crippen LogP contribution is -2.32. The maximum absolute atomic E-state index is 13.1. The van der Waals surface area contributed by atoms with E-state index in [0.717, 1.165) is 28.1 Å². The third kappa shape index (κ3) is 3.36. The number of benzene rings is 2. The highest BCUT2D eigenvalue weighted by molar-refractivity contribution is 6.32. The van der Waals surface area contributed by atoms with Crippen LogP contribution >= 0.6 is 11.6 Å². The highest BCUT2D eigenvalue weighted by Crippen LogP contribution is 2.44. The Kier molecular flexibility index (Phi) is 4.77. The summed E-state index contributed by atoms with van der Waals surface area (Å²) < 4.78 is 12.1. The highest BCUT2D eigenvalue weighted by Gasteiger charge is 2.35. The number of pyridine rings is 1. The minimum absolute atomic E-state index is 0.132. The molecule has 0 radical (unpaired) electrons. The number of rotatable bonds is 3. The first-order valence-corrected chi connectivity index (χ1v) is 10.1. The van der Waals surface area contributed by atoms with Gasteiger partial charge in [0.15, 0.2) is 5.76 Å². The fourth-order valence-corrected chi connectivity index (χ4v) is 4.02. The van der Waals surface area contributed by atoms with Crippen LogP contribution in [0.15, 0.2) is 60.5 Å². The number of aromatic nitrogens is 1. The van der Waals surface area contributed by atoms with E-state index < -0.39 is 0 Å². The van der Waals surface area contributed by atoms with Gasteiger partial charge in [-0.05, 0) is 48.4 Å². The number of carbonyl (C=O) groups is 1. The quantitative estimate of drug-likeness (QED) is 0.559. The van der Waals surface area contributed by atoms with Gasteiger partial charge in [0.25, 0.3) is 0 Å². The first kappa shape index (κ1) is 18.9. The predicted octanol–water partition coefficient (Wildman–Crippen LogP) is 5.01. The molecule has 2 aliphatic rings. The molecular weight excluding hydrogens is 400 g/mol. The summed E-state index contributed by atoms with van der Waals surface area (Å²) in [6.45, 7) is 3.63. The Bertz CT molecular complexity index is 1170. The van der Waals surface area contributed by atoms with Crippen molar-refractivity contribution in [2.24, 2.45) is 0 Å². The summed E-state index contributed by atoms with van der Waals surface area (Å²) in [6, 6.07) is 15.1. The fraction of sp³-hybridized carbons (Fsp3) is 0.167. The molecule has 6 heteroatoms. The summed E-state index contributed by atoms with van der Waals surface area (Å²) in [6.07, 6.45) is 3.48. The molecule has 0 amide bonds. The number of hydrogen-bond acceptors (Lipinski definition) is 5. The Hall–Kier alpha value is -3.15. The van der Waals surface area contributed by atoms with Gasteiger partial charge in [-0.25, -0.2) is 0 Å². The molecule has 5 nitrogen and oxygen atoms in total. The number of ether oxygens (including phenoxy) is 2. The highest BCUT2D eigenvalue weighted by atomic mass is 35.5. The molecule has 2 aromatic carbocycles. The zero-order valence-corrected chi connectivity index (χ0v) is 17.1. The van der Waals surface area contributed by atoms with Crippen LogP contribution in [0.5, 0.6) is 11.5 Å². The lowest BCUT2D eigenvalue weighted by Gasteiger charge is -2.29. The van der Waals surface area contributed by atoms with Gasteiger partial charge >= 0.3 is 0 Å². The number of aryl methyl sites for hydroxylation is 1. The average Bonchev–Trinajstić information content (AvgIpc) is 3.08. The van der Waals surface area contributed by atoms with Crippen LogP contribution in [-0.4, -0.2) is 22.4 Å². The van der Waals surface area contributed by atoms with Gasteiger partial charge in [-0.2, -0.15) is 0 Å². The Morgan fingerprint density at radius 1 is 1.20 bits per heavy atom. The van der Waals surface area contributed by atoms with Crippen LogP contribution in [-0.2, 0) is 13.1 Å². The van der Waals surface area contributed by atoms with Crippen LogP contribution in [0.4, 0.5) is 0 Å². The maximum Gasteiger partial charge on any atom is 0.232 e. The third-order valence-corrected chi connectivity index (χ3v) is 5.64. The first-order valence-electron chi connectivity index (χ1n) is 9.70. The largest absolute Gasteiger partial charge is 0.478 e. The number of ketones is 1. The monoisotopic (exact) mass is 418 g/mol. The van der Waals surface area contributed by atoms with Crippen molar-refractivity contribution in [3.8, 4) is 11.5 Å². The normalized spacial score (nSPS) is 16.7. The molecule has 5 rings (SSSR count). The van der Waals surface area contributed by atoms with Crippen LogP contribution in [0.25, 0.3) is 6.08 Å². The summed E-state index contributed by atoms with van der Waals surface area (Å²) in [5.74, 6) is 1.48. The predicted molar refractivity (Wildman–Crippen MR) is 115 cm³/mol. The second-order valence-electron chi connectivity index (χ2n) is 7.42. The Morgan fingerprint density at radius 3 is 2.83 bits per heavy atom. The molecule has 0 atom stereocenters. The van der Waals surface area contributed by atoms with Crippen LogP contribution in [0.3, 0.4) is 0 Å². The van der Waals surface area contributed by atoms with E-state index in [0.29, 0.717) is 36.2 Å². The van der Waals surface area contributed by atoms with Gasteiger partial charge in [-0.15, -0.1) is 0 Å². The standard InChI is InChI=1S/C24H19ClN2O3/c1-15-10-20-18(13-27(14-29-20)12-17-7-4-5-9-26-17)24-22(15)23(28)21(30-24)11-16-6-2-3-8-19(16)25/h2-11H,12-14H2,1H3/b21-11-. The number of hydrogen-bond donors (Lipinski definition) is 0. The third-order valence-electron chi connectivity index (χ3n) is 5.29. The number of carbonyl (C=O) groups excluding carboxylic acids is 1. The van der Waals surface area contributed by atoms with Crippen molar-refractivity contribution in [2.45, 2.75) is 20.0 Å². The summed E-state index contributed by atoms with van der Waals surface area (Å²) in [5.41, 5.74) is 4.03. The Labute approximate surface area is 179 Å². The lowest BCUT2D eigenvalue weighted by atomic mass is 9.98. The number of Topliss-reactive ketones (excluding diaryl/α,β-unsaturated/α-hetero) is 1. The van der Waals surface area contributed by atoms with Gasteiger partial charge in [0.2, 0.25) is 5.78 Å². The molecule has 2 aliphatic heterocycles. The van der Waals surface area contributed by atoms with E-state index in [9.17, 15) is 4.79 Å². The van der Waals surface area contributed by atoms with Crippen molar-refractivity contribution in [3.05, 3.63) is 93.5 Å². The molecule has 0 N–H and O–H groups in total. The average molecular weight is 419 g/mol. The van der Waals surface area contributed by atoms with Crippen LogP contribution in [0, 0.1) is 6.92 Å². The van der Waals surface area contributed by atoms with Crippen LogP contribution in [0.1, 0.15) is 32.7 Å². The van der Waals surface area contributed by atoms with Crippen LogP contribution in [0.2, 0.25) is 5.02 Å². The number of nitrogens with zero attached hydrogens (tertiary/aromatic N) is 2. The van der Waals surface area contributed by atoms with Crippen molar-refractivity contribution < 1.29 is 14.3 Å². The van der Waals surface area contributed by atoms with E-state index in [-0.39, 0.29) is 11.5 Å². The SMILES string of the molecule is Cc1cc2c(c3c1C(=O)/C(=C/c1ccccc1Cl)O3)CN(Cc1ccccn1)CO2. The zero-order chi connectivity index (χ0) is 20.7. The number of fused-ring (bicyclic) bond motifs is 3. The topological polar surface area (TPSA) is 51.7 Å². The molecule has 0 spiro atoms. The van der Waals surface area contributed by atoms with Crippen molar-refractivity contribution in [1.29, 1.82) is 0 Å². The van der Waals surface area contributed by atoms with Gasteiger partial charge in [0.1, 0.15) is 18.2 Å². The van der Waals surface area contributed by atoms with E-state index in [1.807, 2.05) is 49.4 Å². The van der Waals surface area contributed by atoms with Gasteiger partial charge in [-0.3, -0.25) is 14.7 Å². The minimum atomic E-state index is -0.132. The second-order valence-corrected chi connectivity index (χ2v) is 7.82. The molecule has 30 heavy (non-hydrogen) atoms. The molecule has 0 unspecified atom stereocenters. The molecule has 3 aromatic rings. The minimum Gasteiger partial charge on any atom is -0.478 e. The van der Waals surface area contributed by atoms with E-state index in [4.69, 9.17) is 21.1 Å². The second kappa shape index (κ2) is 7.59. The molecule has 0 saturated heterocycles. The van der Waals surface area contributed by atoms with Crippen molar-refractivity contribution >= 4 is 23.5 Å². The summed E-state index contributed by atoms with van der Waals surface area (Å²) in [4.78, 5) is 19.6. The number of allylic oxidation sites excluding steroid dienone is 1. The van der Waals surface area contributed by atoms with Gasteiger partial charge in [0.05, 0.1) is 16.8 Å². The van der Waals surface area contributed by atoms with Crippen LogP contribution < -0.4 is 9.47 Å². The lowest BCUT2D eigenvalue weighted by molar-refractivity contribution is 0.0861. The molecule has 0 bridgehead atoms. The fourth-order valence-electron chi connectivity index (χ4n) is 3.83. The smallest absolute Gasteiger partial charge is 0.232 e. The summed E-state index contributed by atoms with van der Waals surface area (Å²) in [5, 5.41) is 0.570. The first-order chi connectivity index (χ1) is 14.6. The molecule has 0 fully saturated rings. The van der Waals surface area contributed by atoms with Gasteiger partial charge in [0, 0.05) is 24.3 Å². The van der Waals surface area contributed by atoms with Crippen molar-refractivity contribution in [2.75, 3.05) is 6.73 Å². The Morgan fingerprint density at radius 2 is 2.03 bits per heavy atom. The molecule has 3 heterocycles. The van der Waals surface area contributed by atoms with E-state index >= 15 is 0 Å². The summed E-state index contributed by atoms with van der Waals surface area (Å²) >= 11 is 6.26. The van der Waals surface area contributed by atoms with E-state index in [1.54, 1.807) is 18.3 Å². The molecule has 0 saturated carbocycles. The molecular formula is C24H19ClN2O3. The summed E-state index contributed by atoms with van der Waals surface area (Å²) in [7, 11) is 0. The van der Waals surface area contributed by atoms with E-state index in [1.165, 1.54) is 0 Å². The number of halogens is 1. The van der Waals surface area contributed by atoms with Gasteiger partial charge in [-0.1, -0.05) is 35.9 Å². The zero-order valence-electron chi connectivity index (χ0n) is 16.4.